The number of benzene rings is 2. The fourth-order valence-electron chi connectivity index (χ4n) is 2.51. The second-order valence-electron chi connectivity index (χ2n) is 5.93. The number of carbonyl (C=O) groups is 2. The summed E-state index contributed by atoms with van der Waals surface area (Å²) in [7, 11) is 1.50. The van der Waals surface area contributed by atoms with E-state index in [4.69, 9.17) is 9.47 Å². The van der Waals surface area contributed by atoms with Crippen molar-refractivity contribution in [3.63, 3.8) is 0 Å². The number of hydrogen-bond donors (Lipinski definition) is 2. The number of rotatable bonds is 8. The molecule has 0 saturated heterocycles. The Kier molecular flexibility index (Phi) is 6.16. The topological polar surface area (TPSA) is 84.9 Å². The Morgan fingerprint density at radius 3 is 2.46 bits per heavy atom. The molecule has 2 N–H and O–H groups in total. The second-order valence-corrected chi connectivity index (χ2v) is 5.93. The summed E-state index contributed by atoms with van der Waals surface area (Å²) in [6.07, 6.45) is -0.317. The maximum absolute atomic E-state index is 12.9. The first-order chi connectivity index (χ1) is 12.3. The summed E-state index contributed by atoms with van der Waals surface area (Å²) in [4.78, 5) is 23.6. The molecule has 1 amide bonds. The average Bonchev–Trinajstić information content (AvgIpc) is 2.60. The number of halogens is 1. The quantitative estimate of drug-likeness (QED) is 0.755. The molecule has 7 heteroatoms. The number of ether oxygens (including phenoxy) is 2. The zero-order chi connectivity index (χ0) is 19.2. The van der Waals surface area contributed by atoms with Crippen LogP contribution in [0.5, 0.6) is 11.5 Å². The van der Waals surface area contributed by atoms with Crippen LogP contribution < -0.4 is 14.8 Å². The lowest BCUT2D eigenvalue weighted by Gasteiger charge is -2.30. The molecule has 0 aromatic heterocycles. The van der Waals surface area contributed by atoms with Crippen molar-refractivity contribution < 1.29 is 28.6 Å². The number of carboxylic acids is 1. The van der Waals surface area contributed by atoms with Crippen LogP contribution in [-0.4, -0.2) is 30.7 Å². The van der Waals surface area contributed by atoms with E-state index in [1.807, 2.05) is 0 Å². The smallest absolute Gasteiger partial charge is 0.306 e. The molecule has 0 heterocycles. The van der Waals surface area contributed by atoms with E-state index in [1.54, 1.807) is 31.2 Å². The van der Waals surface area contributed by atoms with E-state index in [2.05, 4.69) is 5.32 Å². The van der Waals surface area contributed by atoms with Gasteiger partial charge in [0.05, 0.1) is 19.1 Å². The molecule has 0 aliphatic heterocycles. The van der Waals surface area contributed by atoms with Crippen molar-refractivity contribution in [2.45, 2.75) is 18.9 Å². The van der Waals surface area contributed by atoms with Crippen molar-refractivity contribution >= 4 is 11.9 Å². The highest BCUT2D eigenvalue weighted by atomic mass is 19.1. The van der Waals surface area contributed by atoms with Gasteiger partial charge in [-0.05, 0) is 48.9 Å². The maximum Gasteiger partial charge on any atom is 0.306 e. The van der Waals surface area contributed by atoms with Gasteiger partial charge in [-0.3, -0.25) is 9.59 Å². The van der Waals surface area contributed by atoms with Crippen LogP contribution in [0.4, 0.5) is 4.39 Å². The Balaban J connectivity index is 2.11. The lowest BCUT2D eigenvalue weighted by molar-refractivity contribution is -0.139. The summed E-state index contributed by atoms with van der Waals surface area (Å²) in [6.45, 7) is 1.29. The SMILES string of the molecule is COc1cccc(C(C)(CC(=O)O)NC(=O)COc2ccc(F)cc2)c1. The number of aliphatic carboxylic acids is 1. The van der Waals surface area contributed by atoms with E-state index < -0.39 is 23.2 Å². The predicted octanol–water partition coefficient (Wildman–Crippen LogP) is 2.72. The molecule has 2 aromatic rings. The molecular weight excluding hydrogens is 341 g/mol. The molecular formula is C19H20FNO5. The first kappa shape index (κ1) is 19.2. The zero-order valence-corrected chi connectivity index (χ0v) is 14.5. The van der Waals surface area contributed by atoms with Gasteiger partial charge in [-0.1, -0.05) is 12.1 Å². The normalized spacial score (nSPS) is 12.7. The van der Waals surface area contributed by atoms with E-state index in [9.17, 15) is 19.1 Å². The van der Waals surface area contributed by atoms with Crippen LogP contribution in [0.15, 0.2) is 48.5 Å². The van der Waals surface area contributed by atoms with E-state index in [1.165, 1.54) is 31.4 Å². The fraction of sp³-hybridized carbons (Fsp3) is 0.263. The van der Waals surface area contributed by atoms with Gasteiger partial charge in [-0.2, -0.15) is 0 Å². The van der Waals surface area contributed by atoms with Gasteiger partial charge in [0.15, 0.2) is 6.61 Å². The maximum atomic E-state index is 12.9. The molecule has 0 aliphatic rings. The molecule has 2 aromatic carbocycles. The van der Waals surface area contributed by atoms with Crippen molar-refractivity contribution in [3.8, 4) is 11.5 Å². The van der Waals surface area contributed by atoms with Crippen LogP contribution in [0.1, 0.15) is 18.9 Å². The van der Waals surface area contributed by atoms with Crippen LogP contribution in [-0.2, 0) is 15.1 Å². The van der Waals surface area contributed by atoms with E-state index in [0.29, 0.717) is 17.1 Å². The average molecular weight is 361 g/mol. The number of amides is 1. The summed E-state index contributed by atoms with van der Waals surface area (Å²) >= 11 is 0. The molecule has 138 valence electrons. The monoisotopic (exact) mass is 361 g/mol. The van der Waals surface area contributed by atoms with Gasteiger partial charge in [0.1, 0.15) is 17.3 Å². The Morgan fingerprint density at radius 2 is 1.85 bits per heavy atom. The third-order valence-corrected chi connectivity index (χ3v) is 3.81. The first-order valence-corrected chi connectivity index (χ1v) is 7.88. The Bertz CT molecular complexity index is 778. The van der Waals surface area contributed by atoms with E-state index in [-0.39, 0.29) is 13.0 Å². The molecule has 26 heavy (non-hydrogen) atoms. The minimum Gasteiger partial charge on any atom is -0.497 e. The van der Waals surface area contributed by atoms with Crippen molar-refractivity contribution in [3.05, 3.63) is 59.9 Å². The van der Waals surface area contributed by atoms with Gasteiger partial charge in [-0.25, -0.2) is 4.39 Å². The third kappa shape index (κ3) is 5.20. The summed E-state index contributed by atoms with van der Waals surface area (Å²) < 4.78 is 23.3. The van der Waals surface area contributed by atoms with Crippen molar-refractivity contribution in [2.24, 2.45) is 0 Å². The number of methoxy groups -OCH3 is 1. The molecule has 2 rings (SSSR count). The number of carbonyl (C=O) groups excluding carboxylic acids is 1. The van der Waals surface area contributed by atoms with Crippen LogP contribution in [0.3, 0.4) is 0 Å². The molecule has 0 fully saturated rings. The standard InChI is InChI=1S/C19H20FNO5/c1-19(11-18(23)24,13-4-3-5-16(10-13)25-2)21-17(22)12-26-15-8-6-14(20)7-9-15/h3-10H,11-12H2,1-2H3,(H,21,22)(H,23,24). The third-order valence-electron chi connectivity index (χ3n) is 3.81. The summed E-state index contributed by atoms with van der Waals surface area (Å²) in [6, 6.07) is 12.1. The van der Waals surface area contributed by atoms with Gasteiger partial charge >= 0.3 is 5.97 Å². The van der Waals surface area contributed by atoms with Crippen LogP contribution >= 0.6 is 0 Å². The first-order valence-electron chi connectivity index (χ1n) is 7.88. The minimum absolute atomic E-state index is 0.317. The van der Waals surface area contributed by atoms with Gasteiger partial charge < -0.3 is 19.9 Å². The molecule has 1 atom stereocenters. The van der Waals surface area contributed by atoms with E-state index >= 15 is 0 Å². The molecule has 0 bridgehead atoms. The largest absolute Gasteiger partial charge is 0.497 e. The zero-order valence-electron chi connectivity index (χ0n) is 14.5. The molecule has 1 unspecified atom stereocenters. The molecule has 0 spiro atoms. The van der Waals surface area contributed by atoms with Gasteiger partial charge in [0, 0.05) is 0 Å². The molecule has 0 aliphatic carbocycles. The number of carboxylic acid groups (broad SMARTS) is 1. The van der Waals surface area contributed by atoms with Gasteiger partial charge in [0.2, 0.25) is 0 Å². The molecule has 0 saturated carbocycles. The van der Waals surface area contributed by atoms with Crippen molar-refractivity contribution in [2.75, 3.05) is 13.7 Å². The highest BCUT2D eigenvalue weighted by Gasteiger charge is 2.32. The molecule has 6 nitrogen and oxygen atoms in total. The molecule has 0 radical (unpaired) electrons. The summed E-state index contributed by atoms with van der Waals surface area (Å²) in [5.74, 6) is -1.08. The number of hydrogen-bond acceptors (Lipinski definition) is 4. The summed E-state index contributed by atoms with van der Waals surface area (Å²) in [5.41, 5.74) is -0.557. The van der Waals surface area contributed by atoms with Crippen molar-refractivity contribution in [1.82, 2.24) is 5.32 Å². The highest BCUT2D eigenvalue weighted by molar-refractivity contribution is 5.80. The second kappa shape index (κ2) is 8.33. The van der Waals surface area contributed by atoms with Crippen LogP contribution in [0, 0.1) is 5.82 Å². The lowest BCUT2D eigenvalue weighted by atomic mass is 9.88. The lowest BCUT2D eigenvalue weighted by Crippen LogP contribution is -2.46. The Morgan fingerprint density at radius 1 is 1.15 bits per heavy atom. The highest BCUT2D eigenvalue weighted by Crippen LogP contribution is 2.28. The Labute approximate surface area is 150 Å². The van der Waals surface area contributed by atoms with E-state index in [0.717, 1.165) is 0 Å². The fourth-order valence-corrected chi connectivity index (χ4v) is 2.51. The predicted molar refractivity (Wildman–Crippen MR) is 92.6 cm³/mol. The van der Waals surface area contributed by atoms with Crippen molar-refractivity contribution in [1.29, 1.82) is 0 Å². The van der Waals surface area contributed by atoms with Crippen LogP contribution in [0.2, 0.25) is 0 Å². The van der Waals surface area contributed by atoms with Gasteiger partial charge in [0.25, 0.3) is 5.91 Å². The number of nitrogens with one attached hydrogen (secondary N) is 1. The van der Waals surface area contributed by atoms with Gasteiger partial charge in [-0.15, -0.1) is 0 Å². The van der Waals surface area contributed by atoms with Crippen LogP contribution in [0.25, 0.3) is 0 Å². The summed E-state index contributed by atoms with van der Waals surface area (Å²) in [5, 5.41) is 11.9. The minimum atomic E-state index is -1.15. The Hall–Kier alpha value is -3.09.